The number of rotatable bonds is 0. The molecule has 0 unspecified atom stereocenters. The summed E-state index contributed by atoms with van der Waals surface area (Å²) in [6.45, 7) is 8.93. The molecule has 2 aliphatic heterocycles. The Balaban J connectivity index is 1.59. The van der Waals surface area contributed by atoms with Gasteiger partial charge < -0.3 is 9.13 Å². The average Bonchev–Trinajstić information content (AvgIpc) is 3.00. The SMILES string of the molecule is CC1(C)c2ccccc2-n2c3cc4c(cc3c(=O)c3cccc1c32)c(=O)c1cccc2c1n4-c1ccccc1C2(C)C. The first-order valence-corrected chi connectivity index (χ1v) is 14.5. The van der Waals surface area contributed by atoms with E-state index in [1.54, 1.807) is 0 Å². The third-order valence-corrected chi connectivity index (χ3v) is 10.1. The molecule has 4 heterocycles. The van der Waals surface area contributed by atoms with Gasteiger partial charge in [-0.1, -0.05) is 88.4 Å². The summed E-state index contributed by atoms with van der Waals surface area (Å²) in [5, 5.41) is 2.48. The van der Waals surface area contributed by atoms with Crippen molar-refractivity contribution in [2.75, 3.05) is 0 Å². The Labute approximate surface area is 242 Å². The Hall–Kier alpha value is -4.96. The Morgan fingerprint density at radius 3 is 1.31 bits per heavy atom. The fourth-order valence-electron chi connectivity index (χ4n) is 7.97. The minimum absolute atomic E-state index is 0.0383. The zero-order valence-corrected chi connectivity index (χ0v) is 23.9. The molecule has 0 bridgehead atoms. The van der Waals surface area contributed by atoms with Gasteiger partial charge in [-0.3, -0.25) is 9.59 Å². The fourth-order valence-corrected chi connectivity index (χ4v) is 7.97. The van der Waals surface area contributed by atoms with Gasteiger partial charge in [0.2, 0.25) is 0 Å². The van der Waals surface area contributed by atoms with E-state index in [0.29, 0.717) is 21.5 Å². The molecule has 0 radical (unpaired) electrons. The van der Waals surface area contributed by atoms with Gasteiger partial charge in [0, 0.05) is 32.4 Å². The highest BCUT2D eigenvalue weighted by atomic mass is 16.1. The molecule has 5 aromatic carbocycles. The van der Waals surface area contributed by atoms with Crippen molar-refractivity contribution in [2.45, 2.75) is 38.5 Å². The summed E-state index contributed by atoms with van der Waals surface area (Å²) in [6, 6.07) is 33.0. The Morgan fingerprint density at radius 1 is 0.452 bits per heavy atom. The van der Waals surface area contributed by atoms with Gasteiger partial charge in [-0.2, -0.15) is 0 Å². The van der Waals surface area contributed by atoms with Crippen LogP contribution in [0.3, 0.4) is 0 Å². The van der Waals surface area contributed by atoms with E-state index in [1.165, 1.54) is 11.1 Å². The molecule has 9 rings (SSSR count). The average molecular weight is 545 g/mol. The van der Waals surface area contributed by atoms with E-state index < -0.39 is 0 Å². The van der Waals surface area contributed by atoms with Gasteiger partial charge in [0.15, 0.2) is 10.9 Å². The van der Waals surface area contributed by atoms with Crippen molar-refractivity contribution in [3.05, 3.63) is 140 Å². The van der Waals surface area contributed by atoms with Crippen LogP contribution in [-0.4, -0.2) is 9.13 Å². The molecule has 4 nitrogen and oxygen atoms in total. The normalized spacial score (nSPS) is 15.7. The number of aromatic nitrogens is 2. The molecule has 0 saturated heterocycles. The van der Waals surface area contributed by atoms with Crippen molar-refractivity contribution in [2.24, 2.45) is 0 Å². The largest absolute Gasteiger partial charge is 0.308 e. The van der Waals surface area contributed by atoms with Crippen LogP contribution in [-0.2, 0) is 10.8 Å². The lowest BCUT2D eigenvalue weighted by molar-refractivity contribution is 0.629. The minimum atomic E-state index is -0.272. The standard InChI is InChI=1S/C38H28N2O2/c1-37(2)25-13-5-7-17-29(25)39-31-20-32-24(19-23(31)35(41)21-11-9-15-27(37)33(21)39)36(42)22-12-10-16-28-34(22)40(32)30-18-8-6-14-26(30)38(28,3)4/h5-20H,1-4H3. The summed E-state index contributed by atoms with van der Waals surface area (Å²) < 4.78 is 4.52. The zero-order chi connectivity index (χ0) is 28.7. The lowest BCUT2D eigenvalue weighted by Gasteiger charge is -2.37. The molecule has 0 fully saturated rings. The lowest BCUT2D eigenvalue weighted by Crippen LogP contribution is -2.29. The second kappa shape index (κ2) is 7.46. The van der Waals surface area contributed by atoms with Crippen LogP contribution >= 0.6 is 0 Å². The summed E-state index contributed by atoms with van der Waals surface area (Å²) in [5.41, 5.74) is 9.72. The van der Waals surface area contributed by atoms with Crippen molar-refractivity contribution in [1.82, 2.24) is 9.13 Å². The summed E-state index contributed by atoms with van der Waals surface area (Å²) >= 11 is 0. The third-order valence-electron chi connectivity index (χ3n) is 10.1. The van der Waals surface area contributed by atoms with Gasteiger partial charge in [-0.25, -0.2) is 0 Å². The van der Waals surface area contributed by atoms with E-state index >= 15 is 0 Å². The van der Waals surface area contributed by atoms with E-state index in [2.05, 4.69) is 104 Å². The second-order valence-corrected chi connectivity index (χ2v) is 12.9. The summed E-state index contributed by atoms with van der Waals surface area (Å²) in [6.07, 6.45) is 0. The smallest absolute Gasteiger partial charge is 0.197 e. The first-order chi connectivity index (χ1) is 20.2. The number of hydrogen-bond donors (Lipinski definition) is 0. The van der Waals surface area contributed by atoms with Gasteiger partial charge in [-0.15, -0.1) is 0 Å². The molecule has 0 saturated carbocycles. The number of para-hydroxylation sites is 4. The molecule has 2 aromatic heterocycles. The Kier molecular flexibility index (Phi) is 4.21. The molecule has 202 valence electrons. The van der Waals surface area contributed by atoms with E-state index in [-0.39, 0.29) is 21.7 Å². The minimum Gasteiger partial charge on any atom is -0.308 e. The summed E-state index contributed by atoms with van der Waals surface area (Å²) in [7, 11) is 0. The number of benzene rings is 5. The number of pyridine rings is 2. The predicted octanol–water partition coefficient (Wildman–Crippen LogP) is 7.88. The van der Waals surface area contributed by atoms with E-state index in [9.17, 15) is 9.59 Å². The Morgan fingerprint density at radius 2 is 0.857 bits per heavy atom. The maximum atomic E-state index is 14.3. The molecule has 2 aliphatic rings. The van der Waals surface area contributed by atoms with Gasteiger partial charge in [0.25, 0.3) is 0 Å². The molecule has 42 heavy (non-hydrogen) atoms. The first-order valence-electron chi connectivity index (χ1n) is 14.5. The molecule has 4 heteroatoms. The first kappa shape index (κ1) is 23.7. The van der Waals surface area contributed by atoms with Crippen molar-refractivity contribution < 1.29 is 0 Å². The quantitative estimate of drug-likeness (QED) is 0.182. The van der Waals surface area contributed by atoms with Gasteiger partial charge >= 0.3 is 0 Å². The van der Waals surface area contributed by atoms with Crippen molar-refractivity contribution >= 4 is 43.6 Å². The van der Waals surface area contributed by atoms with Crippen LogP contribution in [0.4, 0.5) is 0 Å². The van der Waals surface area contributed by atoms with Gasteiger partial charge in [-0.05, 0) is 58.7 Å². The van der Waals surface area contributed by atoms with E-state index in [0.717, 1.165) is 44.6 Å². The molecular formula is C38H28N2O2. The highest BCUT2D eigenvalue weighted by molar-refractivity contribution is 6.07. The molecule has 7 aromatic rings. The fraction of sp³-hybridized carbons (Fsp3) is 0.158. The lowest BCUT2D eigenvalue weighted by atomic mass is 9.74. The third kappa shape index (κ3) is 2.60. The van der Waals surface area contributed by atoms with Crippen molar-refractivity contribution in [3.8, 4) is 11.4 Å². The van der Waals surface area contributed by atoms with Crippen LogP contribution in [0.2, 0.25) is 0 Å². The zero-order valence-electron chi connectivity index (χ0n) is 23.9. The van der Waals surface area contributed by atoms with Crippen LogP contribution < -0.4 is 10.9 Å². The maximum Gasteiger partial charge on any atom is 0.197 e. The van der Waals surface area contributed by atoms with Gasteiger partial charge in [0.05, 0.1) is 33.4 Å². The van der Waals surface area contributed by atoms with Crippen LogP contribution in [0, 0.1) is 0 Å². The van der Waals surface area contributed by atoms with Gasteiger partial charge in [0.1, 0.15) is 0 Å². The number of fused-ring (bicyclic) bond motifs is 8. The van der Waals surface area contributed by atoms with Crippen LogP contribution in [0.1, 0.15) is 49.9 Å². The van der Waals surface area contributed by atoms with Crippen molar-refractivity contribution in [1.29, 1.82) is 0 Å². The number of hydrogen-bond acceptors (Lipinski definition) is 2. The molecule has 0 amide bonds. The van der Waals surface area contributed by atoms with Crippen LogP contribution in [0.25, 0.3) is 55.0 Å². The monoisotopic (exact) mass is 544 g/mol. The Bertz CT molecular complexity index is 2340. The number of nitrogens with zero attached hydrogens (tertiary/aromatic N) is 2. The van der Waals surface area contributed by atoms with E-state index in [1.807, 2.05) is 30.3 Å². The topological polar surface area (TPSA) is 44.0 Å². The summed E-state index contributed by atoms with van der Waals surface area (Å²) in [5.74, 6) is 0. The van der Waals surface area contributed by atoms with Crippen LogP contribution in [0.5, 0.6) is 0 Å². The van der Waals surface area contributed by atoms with Crippen molar-refractivity contribution in [3.63, 3.8) is 0 Å². The molecule has 0 N–H and O–H groups in total. The highest BCUT2D eigenvalue weighted by Crippen LogP contribution is 2.47. The molecule has 0 spiro atoms. The summed E-state index contributed by atoms with van der Waals surface area (Å²) in [4.78, 5) is 28.5. The molecular weight excluding hydrogens is 516 g/mol. The predicted molar refractivity (Wildman–Crippen MR) is 172 cm³/mol. The van der Waals surface area contributed by atoms with E-state index in [4.69, 9.17) is 0 Å². The highest BCUT2D eigenvalue weighted by Gasteiger charge is 2.36. The molecule has 0 aliphatic carbocycles. The molecule has 0 atom stereocenters. The maximum absolute atomic E-state index is 14.3. The second-order valence-electron chi connectivity index (χ2n) is 12.9. The van der Waals surface area contributed by atoms with Crippen LogP contribution in [0.15, 0.2) is 107 Å².